The molecular weight excluding hydrogens is 308 g/mol. The largest absolute Gasteiger partial charge is 0.269 e. The van der Waals surface area contributed by atoms with Gasteiger partial charge in [-0.05, 0) is 12.1 Å². The van der Waals surface area contributed by atoms with Crippen molar-refractivity contribution in [2.24, 2.45) is 0 Å². The van der Waals surface area contributed by atoms with Crippen molar-refractivity contribution in [3.63, 3.8) is 0 Å². The van der Waals surface area contributed by atoms with Crippen LogP contribution in [0.5, 0.6) is 0 Å². The van der Waals surface area contributed by atoms with Gasteiger partial charge >= 0.3 is 0 Å². The molecule has 3 rings (SSSR count). The SMILES string of the molecule is CCc1nccn1S(=O)(=O)c1ccc(Cl)c2ccccc12. The van der Waals surface area contributed by atoms with E-state index >= 15 is 0 Å². The van der Waals surface area contributed by atoms with Gasteiger partial charge in [0.05, 0.1) is 4.90 Å². The maximum absolute atomic E-state index is 12.9. The van der Waals surface area contributed by atoms with E-state index in [4.69, 9.17) is 11.6 Å². The van der Waals surface area contributed by atoms with Crippen molar-refractivity contribution >= 4 is 32.4 Å². The fourth-order valence-electron chi connectivity index (χ4n) is 2.35. The summed E-state index contributed by atoms with van der Waals surface area (Å²) in [5.41, 5.74) is 0. The highest BCUT2D eigenvalue weighted by molar-refractivity contribution is 7.90. The van der Waals surface area contributed by atoms with Crippen molar-refractivity contribution in [3.05, 3.63) is 59.6 Å². The number of benzene rings is 2. The summed E-state index contributed by atoms with van der Waals surface area (Å²) in [7, 11) is -3.69. The molecule has 0 bridgehead atoms. The fraction of sp³-hybridized carbons (Fsp3) is 0.133. The fourth-order valence-corrected chi connectivity index (χ4v) is 4.16. The first-order chi connectivity index (χ1) is 10.1. The normalized spacial score (nSPS) is 11.9. The van der Waals surface area contributed by atoms with Gasteiger partial charge in [-0.3, -0.25) is 0 Å². The zero-order valence-electron chi connectivity index (χ0n) is 11.3. The highest BCUT2D eigenvalue weighted by atomic mass is 35.5. The van der Waals surface area contributed by atoms with E-state index in [9.17, 15) is 8.42 Å². The van der Waals surface area contributed by atoms with Crippen molar-refractivity contribution in [2.45, 2.75) is 18.2 Å². The first-order valence-electron chi connectivity index (χ1n) is 6.50. The van der Waals surface area contributed by atoms with Crippen LogP contribution in [-0.4, -0.2) is 17.4 Å². The summed E-state index contributed by atoms with van der Waals surface area (Å²) in [4.78, 5) is 4.31. The Balaban J connectivity index is 2.33. The van der Waals surface area contributed by atoms with Crippen LogP contribution in [0.2, 0.25) is 5.02 Å². The second-order valence-electron chi connectivity index (χ2n) is 4.59. The Hall–Kier alpha value is -1.85. The van der Waals surface area contributed by atoms with Gasteiger partial charge in [-0.2, -0.15) is 0 Å². The molecule has 0 aliphatic heterocycles. The molecule has 1 heterocycles. The van der Waals surface area contributed by atoms with Crippen LogP contribution in [0.4, 0.5) is 0 Å². The van der Waals surface area contributed by atoms with E-state index in [0.29, 0.717) is 22.7 Å². The Labute approximate surface area is 128 Å². The number of imidazole rings is 1. The van der Waals surface area contributed by atoms with E-state index in [-0.39, 0.29) is 4.90 Å². The van der Waals surface area contributed by atoms with Crippen molar-refractivity contribution in [1.29, 1.82) is 0 Å². The van der Waals surface area contributed by atoms with Crippen LogP contribution in [0.25, 0.3) is 10.8 Å². The van der Waals surface area contributed by atoms with Crippen molar-refractivity contribution in [1.82, 2.24) is 8.96 Å². The van der Waals surface area contributed by atoms with Gasteiger partial charge in [0.25, 0.3) is 10.0 Å². The predicted molar refractivity (Wildman–Crippen MR) is 83.1 cm³/mol. The van der Waals surface area contributed by atoms with Crippen LogP contribution < -0.4 is 0 Å². The molecule has 2 aromatic carbocycles. The molecule has 21 heavy (non-hydrogen) atoms. The van der Waals surface area contributed by atoms with Gasteiger partial charge in [0.2, 0.25) is 0 Å². The molecule has 108 valence electrons. The number of hydrogen-bond acceptors (Lipinski definition) is 3. The summed E-state index contributed by atoms with van der Waals surface area (Å²) in [6.45, 7) is 1.87. The molecule has 0 aliphatic rings. The van der Waals surface area contributed by atoms with E-state index in [1.807, 2.05) is 19.1 Å². The molecule has 0 saturated heterocycles. The van der Waals surface area contributed by atoms with E-state index in [1.165, 1.54) is 16.4 Å². The van der Waals surface area contributed by atoms with Crippen LogP contribution in [0.15, 0.2) is 53.7 Å². The van der Waals surface area contributed by atoms with Crippen molar-refractivity contribution in [2.75, 3.05) is 0 Å². The van der Waals surface area contributed by atoms with Crippen molar-refractivity contribution in [3.8, 4) is 0 Å². The molecule has 0 amide bonds. The van der Waals surface area contributed by atoms with Crippen LogP contribution in [0.1, 0.15) is 12.7 Å². The summed E-state index contributed by atoms with van der Waals surface area (Å²) in [5, 5.41) is 1.87. The number of fused-ring (bicyclic) bond motifs is 1. The van der Waals surface area contributed by atoms with Gasteiger partial charge in [0.15, 0.2) is 0 Å². The Kier molecular flexibility index (Phi) is 3.47. The zero-order valence-corrected chi connectivity index (χ0v) is 12.9. The van der Waals surface area contributed by atoms with E-state index < -0.39 is 10.0 Å². The highest BCUT2D eigenvalue weighted by Gasteiger charge is 2.22. The maximum Gasteiger partial charge on any atom is 0.269 e. The van der Waals surface area contributed by atoms with Crippen molar-refractivity contribution < 1.29 is 8.42 Å². The molecule has 0 fully saturated rings. The van der Waals surface area contributed by atoms with Crippen LogP contribution >= 0.6 is 11.6 Å². The molecule has 0 aliphatic carbocycles. The summed E-state index contributed by atoms with van der Waals surface area (Å²) in [6.07, 6.45) is 3.50. The minimum Gasteiger partial charge on any atom is -0.241 e. The number of hydrogen-bond donors (Lipinski definition) is 0. The molecule has 0 unspecified atom stereocenters. The minimum absolute atomic E-state index is 0.232. The second kappa shape index (κ2) is 5.16. The Morgan fingerprint density at radius 3 is 2.57 bits per heavy atom. The van der Waals surface area contributed by atoms with Gasteiger partial charge in [0.1, 0.15) is 5.82 Å². The molecule has 4 nitrogen and oxygen atoms in total. The second-order valence-corrected chi connectivity index (χ2v) is 6.78. The molecule has 1 aromatic heterocycles. The number of nitrogens with zero attached hydrogens (tertiary/aromatic N) is 2. The van der Waals surface area contributed by atoms with E-state index in [1.54, 1.807) is 24.3 Å². The summed E-state index contributed by atoms with van der Waals surface area (Å²) >= 11 is 6.15. The Bertz CT molecular complexity index is 916. The third-order valence-corrected chi connectivity index (χ3v) is 5.46. The average Bonchev–Trinajstić information content (AvgIpc) is 2.97. The van der Waals surface area contributed by atoms with E-state index in [2.05, 4.69) is 4.98 Å². The smallest absolute Gasteiger partial charge is 0.241 e. The maximum atomic E-state index is 12.9. The number of aromatic nitrogens is 2. The van der Waals surface area contributed by atoms with Gasteiger partial charge in [0, 0.05) is 34.6 Å². The zero-order chi connectivity index (χ0) is 15.0. The summed E-state index contributed by atoms with van der Waals surface area (Å²) in [6, 6.07) is 10.4. The Morgan fingerprint density at radius 2 is 1.86 bits per heavy atom. The molecule has 0 atom stereocenters. The van der Waals surface area contributed by atoms with Crippen LogP contribution in [0, 0.1) is 0 Å². The number of rotatable bonds is 3. The summed E-state index contributed by atoms with van der Waals surface area (Å²) < 4.78 is 27.0. The third kappa shape index (κ3) is 2.22. The quantitative estimate of drug-likeness (QED) is 0.742. The van der Waals surface area contributed by atoms with E-state index in [0.717, 1.165) is 5.39 Å². The molecule has 3 aromatic rings. The lowest BCUT2D eigenvalue weighted by Gasteiger charge is -2.11. The molecule has 6 heteroatoms. The lowest BCUT2D eigenvalue weighted by Crippen LogP contribution is -2.15. The standard InChI is InChI=1S/C15H13ClN2O2S/c1-2-15-17-9-10-18(15)21(19,20)14-8-7-13(16)11-5-3-4-6-12(11)14/h3-10H,2H2,1H3. The highest BCUT2D eigenvalue weighted by Crippen LogP contribution is 2.30. The molecule has 0 radical (unpaired) electrons. The monoisotopic (exact) mass is 320 g/mol. The third-order valence-electron chi connectivity index (χ3n) is 3.36. The molecule has 0 N–H and O–H groups in total. The Morgan fingerprint density at radius 1 is 1.14 bits per heavy atom. The van der Waals surface area contributed by atoms with Crippen LogP contribution in [-0.2, 0) is 16.4 Å². The molecule has 0 spiro atoms. The molecule has 0 saturated carbocycles. The van der Waals surface area contributed by atoms with Gasteiger partial charge in [-0.25, -0.2) is 17.4 Å². The van der Waals surface area contributed by atoms with Crippen LogP contribution in [0.3, 0.4) is 0 Å². The van der Waals surface area contributed by atoms with Gasteiger partial charge < -0.3 is 0 Å². The summed E-state index contributed by atoms with van der Waals surface area (Å²) in [5.74, 6) is 0.508. The predicted octanol–water partition coefficient (Wildman–Crippen LogP) is 3.49. The number of aryl methyl sites for hydroxylation is 1. The lowest BCUT2D eigenvalue weighted by molar-refractivity contribution is 0.585. The topological polar surface area (TPSA) is 52.0 Å². The van der Waals surface area contributed by atoms with Gasteiger partial charge in [-0.15, -0.1) is 0 Å². The lowest BCUT2D eigenvalue weighted by atomic mass is 10.1. The average molecular weight is 321 g/mol. The minimum atomic E-state index is -3.69. The number of halogens is 1. The first kappa shape index (κ1) is 14.1. The molecular formula is C15H13ClN2O2S. The van der Waals surface area contributed by atoms with Gasteiger partial charge in [-0.1, -0.05) is 42.8 Å². The first-order valence-corrected chi connectivity index (χ1v) is 8.32.